The van der Waals surface area contributed by atoms with E-state index in [1.165, 1.54) is 0 Å². The molecule has 5 nitrogen and oxygen atoms in total. The Morgan fingerprint density at radius 3 is 2.82 bits per heavy atom. The van der Waals surface area contributed by atoms with Crippen molar-refractivity contribution in [1.29, 1.82) is 0 Å². The van der Waals surface area contributed by atoms with E-state index in [0.29, 0.717) is 0 Å². The largest absolute Gasteiger partial charge is 0.336 e. The molecular formula is C12H13N5. The summed E-state index contributed by atoms with van der Waals surface area (Å²) in [6, 6.07) is 2.05. The van der Waals surface area contributed by atoms with Crippen LogP contribution in [0.3, 0.4) is 0 Å². The Hall–Kier alpha value is -2.17. The molecule has 0 saturated carbocycles. The van der Waals surface area contributed by atoms with Crippen LogP contribution >= 0.6 is 0 Å². The van der Waals surface area contributed by atoms with Crippen LogP contribution in [0.15, 0.2) is 18.5 Å². The van der Waals surface area contributed by atoms with Crippen molar-refractivity contribution in [3.05, 3.63) is 29.7 Å². The summed E-state index contributed by atoms with van der Waals surface area (Å²) in [5, 5.41) is 4.31. The van der Waals surface area contributed by atoms with E-state index in [2.05, 4.69) is 20.1 Å². The molecule has 1 N–H and O–H groups in total. The Morgan fingerprint density at radius 1 is 1.29 bits per heavy atom. The Balaban J connectivity index is 2.21. The highest BCUT2D eigenvalue weighted by Gasteiger charge is 2.11. The van der Waals surface area contributed by atoms with Crippen LogP contribution in [0.25, 0.3) is 22.6 Å². The van der Waals surface area contributed by atoms with Gasteiger partial charge in [-0.1, -0.05) is 0 Å². The zero-order valence-corrected chi connectivity index (χ0v) is 10.0. The van der Waals surface area contributed by atoms with E-state index in [9.17, 15) is 0 Å². The molecule has 3 aromatic heterocycles. The summed E-state index contributed by atoms with van der Waals surface area (Å²) < 4.78 is 1.79. The molecule has 0 aliphatic rings. The monoisotopic (exact) mass is 227 g/mol. The Labute approximate surface area is 98.5 Å². The molecule has 3 aromatic rings. The van der Waals surface area contributed by atoms with Crippen molar-refractivity contribution in [3.8, 4) is 11.4 Å². The van der Waals surface area contributed by atoms with E-state index in [0.717, 1.165) is 33.8 Å². The lowest BCUT2D eigenvalue weighted by Crippen LogP contribution is -1.86. The number of aromatic amines is 1. The van der Waals surface area contributed by atoms with Crippen molar-refractivity contribution < 1.29 is 0 Å². The SMILES string of the molecule is Cc1cnc2nc(-c3cn(C)nc3C)[nH]c2c1. The van der Waals surface area contributed by atoms with Crippen LogP contribution in [0.5, 0.6) is 0 Å². The minimum Gasteiger partial charge on any atom is -0.336 e. The molecule has 0 saturated heterocycles. The van der Waals surface area contributed by atoms with E-state index >= 15 is 0 Å². The number of aromatic nitrogens is 5. The molecule has 0 aliphatic heterocycles. The molecule has 0 radical (unpaired) electrons. The van der Waals surface area contributed by atoms with Gasteiger partial charge in [-0.2, -0.15) is 5.10 Å². The average molecular weight is 227 g/mol. The van der Waals surface area contributed by atoms with Crippen molar-refractivity contribution in [2.24, 2.45) is 7.05 Å². The lowest BCUT2D eigenvalue weighted by Gasteiger charge is -1.90. The highest BCUT2D eigenvalue weighted by atomic mass is 15.3. The fraction of sp³-hybridized carbons (Fsp3) is 0.250. The first-order chi connectivity index (χ1) is 8.13. The maximum absolute atomic E-state index is 4.48. The first kappa shape index (κ1) is 10.0. The number of H-pyrrole nitrogens is 1. The Kier molecular flexibility index (Phi) is 2.01. The Morgan fingerprint density at radius 2 is 2.12 bits per heavy atom. The fourth-order valence-corrected chi connectivity index (χ4v) is 1.96. The number of nitrogens with one attached hydrogen (secondary N) is 1. The zero-order chi connectivity index (χ0) is 12.0. The van der Waals surface area contributed by atoms with E-state index < -0.39 is 0 Å². The van der Waals surface area contributed by atoms with Gasteiger partial charge in [0.05, 0.1) is 16.8 Å². The third-order valence-corrected chi connectivity index (χ3v) is 2.74. The predicted octanol–water partition coefficient (Wildman–Crippen LogP) is 1.98. The first-order valence-corrected chi connectivity index (χ1v) is 5.46. The molecule has 0 bridgehead atoms. The van der Waals surface area contributed by atoms with Crippen molar-refractivity contribution in [2.75, 3.05) is 0 Å². The number of rotatable bonds is 1. The fourth-order valence-electron chi connectivity index (χ4n) is 1.96. The van der Waals surface area contributed by atoms with Crippen LogP contribution in [0.2, 0.25) is 0 Å². The van der Waals surface area contributed by atoms with Gasteiger partial charge in [-0.3, -0.25) is 4.68 Å². The van der Waals surface area contributed by atoms with E-state index in [-0.39, 0.29) is 0 Å². The predicted molar refractivity (Wildman–Crippen MR) is 65.6 cm³/mol. The van der Waals surface area contributed by atoms with Gasteiger partial charge < -0.3 is 4.98 Å². The quantitative estimate of drug-likeness (QED) is 0.691. The molecular weight excluding hydrogens is 214 g/mol. The topological polar surface area (TPSA) is 59.4 Å². The maximum Gasteiger partial charge on any atom is 0.178 e. The number of nitrogens with zero attached hydrogens (tertiary/aromatic N) is 4. The molecule has 86 valence electrons. The lowest BCUT2D eigenvalue weighted by molar-refractivity contribution is 0.756. The van der Waals surface area contributed by atoms with Crippen LogP contribution in [0, 0.1) is 13.8 Å². The van der Waals surface area contributed by atoms with Gasteiger partial charge in [-0.15, -0.1) is 0 Å². The molecule has 17 heavy (non-hydrogen) atoms. The van der Waals surface area contributed by atoms with Gasteiger partial charge in [0.2, 0.25) is 0 Å². The standard InChI is InChI=1S/C12H13N5/c1-7-4-10-12(13-5-7)15-11(14-10)9-6-17(3)16-8(9)2/h4-6H,1-3H3,(H,13,14,15). The van der Waals surface area contributed by atoms with Gasteiger partial charge in [-0.05, 0) is 25.5 Å². The number of pyridine rings is 1. The molecule has 0 fully saturated rings. The normalized spacial score (nSPS) is 11.2. The van der Waals surface area contributed by atoms with Crippen molar-refractivity contribution in [3.63, 3.8) is 0 Å². The second-order valence-electron chi connectivity index (χ2n) is 4.27. The van der Waals surface area contributed by atoms with Gasteiger partial charge in [-0.25, -0.2) is 9.97 Å². The minimum atomic E-state index is 0.744. The van der Waals surface area contributed by atoms with Crippen LogP contribution in [-0.2, 0) is 7.05 Å². The molecule has 0 aromatic carbocycles. The summed E-state index contributed by atoms with van der Waals surface area (Å²) in [6.07, 6.45) is 3.78. The number of aryl methyl sites for hydroxylation is 3. The van der Waals surface area contributed by atoms with Crippen LogP contribution < -0.4 is 0 Å². The van der Waals surface area contributed by atoms with Crippen LogP contribution in [0.1, 0.15) is 11.3 Å². The summed E-state index contributed by atoms with van der Waals surface area (Å²) in [6.45, 7) is 3.99. The van der Waals surface area contributed by atoms with Crippen molar-refractivity contribution in [1.82, 2.24) is 24.7 Å². The van der Waals surface area contributed by atoms with Gasteiger partial charge >= 0.3 is 0 Å². The van der Waals surface area contributed by atoms with Crippen molar-refractivity contribution >= 4 is 11.2 Å². The third-order valence-electron chi connectivity index (χ3n) is 2.74. The molecule has 0 amide bonds. The van der Waals surface area contributed by atoms with Gasteiger partial charge in [0.15, 0.2) is 5.65 Å². The van der Waals surface area contributed by atoms with Crippen LogP contribution in [0.4, 0.5) is 0 Å². The second-order valence-corrected chi connectivity index (χ2v) is 4.27. The van der Waals surface area contributed by atoms with E-state index in [4.69, 9.17) is 0 Å². The third kappa shape index (κ3) is 1.60. The average Bonchev–Trinajstić information content (AvgIpc) is 2.80. The highest BCUT2D eigenvalue weighted by Crippen LogP contribution is 2.21. The van der Waals surface area contributed by atoms with Gasteiger partial charge in [0.25, 0.3) is 0 Å². The number of fused-ring (bicyclic) bond motifs is 1. The zero-order valence-electron chi connectivity index (χ0n) is 10.0. The summed E-state index contributed by atoms with van der Waals surface area (Å²) >= 11 is 0. The number of hydrogen-bond acceptors (Lipinski definition) is 3. The molecule has 5 heteroatoms. The van der Waals surface area contributed by atoms with E-state index in [1.807, 2.05) is 39.4 Å². The molecule has 0 spiro atoms. The molecule has 3 heterocycles. The van der Waals surface area contributed by atoms with Crippen LogP contribution in [-0.4, -0.2) is 24.7 Å². The summed E-state index contributed by atoms with van der Waals surface area (Å²) in [5.41, 5.74) is 4.80. The van der Waals surface area contributed by atoms with Gasteiger partial charge in [0, 0.05) is 19.4 Å². The molecule has 0 atom stereocenters. The summed E-state index contributed by atoms with van der Waals surface area (Å²) in [5.74, 6) is 0.823. The van der Waals surface area contributed by atoms with E-state index in [1.54, 1.807) is 4.68 Å². The smallest absolute Gasteiger partial charge is 0.178 e. The highest BCUT2D eigenvalue weighted by molar-refractivity contribution is 5.76. The number of hydrogen-bond donors (Lipinski definition) is 1. The molecule has 0 unspecified atom stereocenters. The molecule has 3 rings (SSSR count). The Bertz CT molecular complexity index is 692. The van der Waals surface area contributed by atoms with Gasteiger partial charge in [0.1, 0.15) is 5.82 Å². The summed E-state index contributed by atoms with van der Waals surface area (Å²) in [4.78, 5) is 12.1. The second kappa shape index (κ2) is 3.41. The minimum absolute atomic E-state index is 0.744. The number of imidazole rings is 1. The first-order valence-electron chi connectivity index (χ1n) is 5.46. The van der Waals surface area contributed by atoms with Crippen molar-refractivity contribution in [2.45, 2.75) is 13.8 Å². The summed E-state index contributed by atoms with van der Waals surface area (Å²) in [7, 11) is 1.90. The lowest BCUT2D eigenvalue weighted by atomic mass is 10.2. The molecule has 0 aliphatic carbocycles. The maximum atomic E-state index is 4.48.